The van der Waals surface area contributed by atoms with Crippen LogP contribution >= 0.6 is 23.2 Å². The van der Waals surface area contributed by atoms with E-state index in [2.05, 4.69) is 15.3 Å². The normalized spacial score (nSPS) is 11.0. The highest BCUT2D eigenvalue weighted by atomic mass is 35.5. The zero-order chi connectivity index (χ0) is 22.0. The Morgan fingerprint density at radius 1 is 1.13 bits per heavy atom. The van der Waals surface area contributed by atoms with Gasteiger partial charge >= 0.3 is 0 Å². The largest absolute Gasteiger partial charge is 0.412 e. The average molecular weight is 457 g/mol. The molecule has 0 saturated carbocycles. The Labute approximate surface area is 187 Å². The van der Waals surface area contributed by atoms with Crippen molar-refractivity contribution in [2.24, 2.45) is 0 Å². The molecule has 0 unspecified atom stereocenters. The molecule has 2 aromatic carbocycles. The van der Waals surface area contributed by atoms with Crippen LogP contribution in [0.3, 0.4) is 0 Å². The van der Waals surface area contributed by atoms with Crippen molar-refractivity contribution in [2.75, 3.05) is 19.0 Å². The number of hydrogen-bond donors (Lipinski definition) is 2. The molecule has 0 atom stereocenters. The Hall–Kier alpha value is -3.13. The first-order valence-corrected chi connectivity index (χ1v) is 10.2. The summed E-state index contributed by atoms with van der Waals surface area (Å²) < 4.78 is 1.08. The van der Waals surface area contributed by atoms with Crippen molar-refractivity contribution >= 4 is 45.9 Å². The lowest BCUT2D eigenvalue weighted by Gasteiger charge is -2.13. The molecular weight excluding hydrogens is 439 g/mol. The molecule has 2 aromatic heterocycles. The molecule has 0 saturated heterocycles. The number of pyridine rings is 1. The van der Waals surface area contributed by atoms with Crippen LogP contribution in [0.15, 0.2) is 59.5 Å². The van der Waals surface area contributed by atoms with Gasteiger partial charge in [0.05, 0.1) is 15.6 Å². The number of anilines is 2. The molecule has 0 aliphatic heterocycles. The minimum absolute atomic E-state index is 0.0938. The molecule has 0 spiro atoms. The molecule has 4 rings (SSSR count). The topological polar surface area (TPSA) is 89.3 Å². The summed E-state index contributed by atoms with van der Waals surface area (Å²) in [7, 11) is 1.38. The quantitative estimate of drug-likeness (QED) is 0.453. The number of rotatable bonds is 6. The lowest BCUT2D eigenvalue weighted by molar-refractivity contribution is 0.168. The van der Waals surface area contributed by atoms with Crippen LogP contribution in [0.4, 0.5) is 11.6 Å². The number of nitrogens with one attached hydrogen (secondary N) is 1. The van der Waals surface area contributed by atoms with Crippen molar-refractivity contribution in [2.45, 2.75) is 6.42 Å². The van der Waals surface area contributed by atoms with Crippen LogP contribution in [0.25, 0.3) is 22.2 Å². The summed E-state index contributed by atoms with van der Waals surface area (Å²) in [6.45, 7) is 0.0938. The number of halogens is 2. The van der Waals surface area contributed by atoms with Gasteiger partial charge in [0.25, 0.3) is 5.56 Å². The molecule has 0 bridgehead atoms. The number of aliphatic hydroxyl groups excluding tert-OH is 1. The van der Waals surface area contributed by atoms with Crippen molar-refractivity contribution < 1.29 is 9.94 Å². The molecule has 9 heteroatoms. The number of benzene rings is 2. The average Bonchev–Trinajstić information content (AvgIpc) is 2.76. The van der Waals surface area contributed by atoms with Gasteiger partial charge in [-0.05, 0) is 42.3 Å². The third-order valence-electron chi connectivity index (χ3n) is 4.73. The van der Waals surface area contributed by atoms with E-state index in [1.165, 1.54) is 7.11 Å². The second-order valence-electron chi connectivity index (χ2n) is 6.70. The van der Waals surface area contributed by atoms with E-state index >= 15 is 0 Å². The first kappa shape index (κ1) is 21.1. The molecule has 7 nitrogen and oxygen atoms in total. The molecule has 158 valence electrons. The van der Waals surface area contributed by atoms with Gasteiger partial charge in [-0.25, -0.2) is 4.98 Å². The van der Waals surface area contributed by atoms with Crippen LogP contribution < -0.4 is 15.7 Å². The van der Waals surface area contributed by atoms with Crippen LogP contribution in [0.5, 0.6) is 0 Å². The number of aliphatic hydroxyl groups is 1. The highest BCUT2D eigenvalue weighted by molar-refractivity contribution is 6.39. The lowest BCUT2D eigenvalue weighted by Crippen LogP contribution is -2.27. The molecule has 4 aromatic rings. The number of aromatic nitrogens is 3. The SMILES string of the molecule is COn1c(=O)c(-c2c(Cl)cccc2Cl)cc2cnc(Nc3ccc(CCO)cc3)nc21. The van der Waals surface area contributed by atoms with E-state index in [0.717, 1.165) is 16.0 Å². The maximum Gasteiger partial charge on any atom is 0.293 e. The van der Waals surface area contributed by atoms with Gasteiger partial charge in [-0.1, -0.05) is 41.4 Å². The first-order chi connectivity index (χ1) is 15.0. The van der Waals surface area contributed by atoms with Gasteiger partial charge in [-0.2, -0.15) is 4.98 Å². The second-order valence-corrected chi connectivity index (χ2v) is 7.52. The molecule has 2 N–H and O–H groups in total. The highest BCUT2D eigenvalue weighted by Gasteiger charge is 2.18. The van der Waals surface area contributed by atoms with E-state index in [9.17, 15) is 4.79 Å². The molecule has 0 aliphatic rings. The van der Waals surface area contributed by atoms with Gasteiger partial charge in [0.1, 0.15) is 7.11 Å². The standard InChI is InChI=1S/C22H18Cl2N4O3/c1-31-28-20-14(11-16(21(28)30)19-17(23)3-2-4-18(19)24)12-25-22(27-20)26-15-7-5-13(6-8-15)9-10-29/h2-8,11-12,29H,9-10H2,1H3,(H,25,26,27). The van der Waals surface area contributed by atoms with Crippen LogP contribution in [-0.4, -0.2) is 33.5 Å². The van der Waals surface area contributed by atoms with Crippen molar-refractivity contribution in [3.8, 4) is 11.1 Å². The Morgan fingerprint density at radius 3 is 2.48 bits per heavy atom. The zero-order valence-electron chi connectivity index (χ0n) is 16.5. The Kier molecular flexibility index (Phi) is 6.08. The van der Waals surface area contributed by atoms with Gasteiger partial charge < -0.3 is 15.3 Å². The van der Waals surface area contributed by atoms with Crippen LogP contribution in [0.2, 0.25) is 10.0 Å². The van der Waals surface area contributed by atoms with E-state index in [-0.39, 0.29) is 12.2 Å². The summed E-state index contributed by atoms with van der Waals surface area (Å²) in [6, 6.07) is 14.2. The van der Waals surface area contributed by atoms with Crippen LogP contribution in [0.1, 0.15) is 5.56 Å². The molecule has 0 amide bonds. The van der Waals surface area contributed by atoms with Crippen LogP contribution in [0, 0.1) is 0 Å². The predicted octanol–water partition coefficient (Wildman–Crippen LogP) is 4.10. The fraction of sp³-hybridized carbons (Fsp3) is 0.136. The zero-order valence-corrected chi connectivity index (χ0v) is 18.0. The molecule has 0 aliphatic carbocycles. The number of hydrogen-bond acceptors (Lipinski definition) is 6. The van der Waals surface area contributed by atoms with Gasteiger partial charge in [0.2, 0.25) is 5.95 Å². The summed E-state index contributed by atoms with van der Waals surface area (Å²) in [5, 5.41) is 13.4. The van der Waals surface area contributed by atoms with Gasteiger partial charge in [0.15, 0.2) is 5.65 Å². The minimum Gasteiger partial charge on any atom is -0.412 e. The fourth-order valence-electron chi connectivity index (χ4n) is 3.25. The van der Waals surface area contributed by atoms with E-state index < -0.39 is 5.56 Å². The Morgan fingerprint density at radius 2 is 1.84 bits per heavy atom. The molecule has 31 heavy (non-hydrogen) atoms. The van der Waals surface area contributed by atoms with Crippen molar-refractivity contribution in [1.29, 1.82) is 0 Å². The molecular formula is C22H18Cl2N4O3. The monoisotopic (exact) mass is 456 g/mol. The first-order valence-electron chi connectivity index (χ1n) is 9.40. The van der Waals surface area contributed by atoms with Gasteiger partial charge in [-0.15, -0.1) is 4.73 Å². The van der Waals surface area contributed by atoms with Crippen LogP contribution in [-0.2, 0) is 6.42 Å². The van der Waals surface area contributed by atoms with Gasteiger partial charge in [0, 0.05) is 29.4 Å². The van der Waals surface area contributed by atoms with Crippen molar-refractivity contribution in [3.63, 3.8) is 0 Å². The second kappa shape index (κ2) is 8.93. The summed E-state index contributed by atoms with van der Waals surface area (Å²) in [4.78, 5) is 27.2. The minimum atomic E-state index is -0.442. The van der Waals surface area contributed by atoms with Gasteiger partial charge in [-0.3, -0.25) is 4.79 Å². The number of fused-ring (bicyclic) bond motifs is 1. The number of nitrogens with zero attached hydrogens (tertiary/aromatic N) is 3. The predicted molar refractivity (Wildman–Crippen MR) is 122 cm³/mol. The molecule has 0 radical (unpaired) electrons. The molecule has 2 heterocycles. The van der Waals surface area contributed by atoms with Crippen molar-refractivity contribution in [3.05, 3.63) is 80.7 Å². The van der Waals surface area contributed by atoms with E-state index in [1.807, 2.05) is 24.3 Å². The Balaban J connectivity index is 1.77. The maximum atomic E-state index is 13.1. The maximum absolute atomic E-state index is 13.1. The van der Waals surface area contributed by atoms with E-state index in [0.29, 0.717) is 39.0 Å². The molecule has 0 fully saturated rings. The lowest BCUT2D eigenvalue weighted by atomic mass is 10.1. The smallest absolute Gasteiger partial charge is 0.293 e. The fourth-order valence-corrected chi connectivity index (χ4v) is 3.85. The van der Waals surface area contributed by atoms with E-state index in [4.69, 9.17) is 33.1 Å². The summed E-state index contributed by atoms with van der Waals surface area (Å²) in [6.07, 6.45) is 2.18. The third-order valence-corrected chi connectivity index (χ3v) is 5.36. The Bertz CT molecular complexity index is 1290. The highest BCUT2D eigenvalue weighted by Crippen LogP contribution is 2.33. The summed E-state index contributed by atoms with van der Waals surface area (Å²) >= 11 is 12.6. The van der Waals surface area contributed by atoms with E-state index in [1.54, 1.807) is 30.5 Å². The van der Waals surface area contributed by atoms with Crippen molar-refractivity contribution in [1.82, 2.24) is 14.7 Å². The summed E-state index contributed by atoms with van der Waals surface area (Å²) in [5.74, 6) is 0.302. The summed E-state index contributed by atoms with van der Waals surface area (Å²) in [5.41, 5.74) is 2.36. The third kappa shape index (κ3) is 4.20.